The van der Waals surface area contributed by atoms with E-state index in [-0.39, 0.29) is 6.61 Å². The third kappa shape index (κ3) is 1.57. The molecule has 0 aliphatic rings. The van der Waals surface area contributed by atoms with Gasteiger partial charge in [0, 0.05) is 0 Å². The number of rotatable bonds is 3. The highest BCUT2D eigenvalue weighted by molar-refractivity contribution is 5.77. The Kier molecular flexibility index (Phi) is 2.60. The van der Waals surface area contributed by atoms with Crippen LogP contribution in [0.25, 0.3) is 0 Å². The molecule has 0 saturated carbocycles. The number of aliphatic hydroxyl groups excluding tert-OH is 1. The lowest BCUT2D eigenvalue weighted by molar-refractivity contribution is -0.145. The normalized spacial score (nSPS) is 11.1. The van der Waals surface area contributed by atoms with Gasteiger partial charge < -0.3 is 10.2 Å². The molecule has 0 spiro atoms. The van der Waals surface area contributed by atoms with Gasteiger partial charge in [0.1, 0.15) is 0 Å². The van der Waals surface area contributed by atoms with Gasteiger partial charge >= 0.3 is 5.97 Å². The summed E-state index contributed by atoms with van der Waals surface area (Å²) >= 11 is 0. The summed E-state index contributed by atoms with van der Waals surface area (Å²) in [7, 11) is 0. The van der Waals surface area contributed by atoms with Crippen molar-refractivity contribution in [2.24, 2.45) is 5.41 Å². The summed E-state index contributed by atoms with van der Waals surface area (Å²) in [6.07, 6.45) is 0. The molecule has 10 heavy (non-hydrogen) atoms. The van der Waals surface area contributed by atoms with Crippen LogP contribution in [0, 0.1) is 5.41 Å². The lowest BCUT2D eigenvalue weighted by Gasteiger charge is -2.19. The molecule has 3 nitrogen and oxygen atoms in total. The van der Waals surface area contributed by atoms with E-state index < -0.39 is 11.4 Å². The number of hydrogen-bond donors (Lipinski definition) is 2. The van der Waals surface area contributed by atoms with E-state index in [0.717, 1.165) is 0 Å². The molecule has 0 bridgehead atoms. The quantitative estimate of drug-likeness (QED) is 0.571. The van der Waals surface area contributed by atoms with Gasteiger partial charge in [-0.3, -0.25) is 4.79 Å². The van der Waals surface area contributed by atoms with Crippen LogP contribution in [-0.2, 0) is 4.79 Å². The van der Waals surface area contributed by atoms with E-state index in [1.807, 2.05) is 0 Å². The van der Waals surface area contributed by atoms with Gasteiger partial charge in [-0.1, -0.05) is 6.58 Å². The zero-order chi connectivity index (χ0) is 8.36. The van der Waals surface area contributed by atoms with E-state index in [9.17, 15) is 4.79 Å². The molecular weight excluding hydrogens is 132 g/mol. The van der Waals surface area contributed by atoms with Gasteiger partial charge in [-0.15, -0.1) is 0 Å². The number of aliphatic hydroxyl groups is 1. The first-order valence-electron chi connectivity index (χ1n) is 2.95. The fourth-order valence-corrected chi connectivity index (χ4v) is 0.349. The zero-order valence-electron chi connectivity index (χ0n) is 6.22. The molecule has 0 aliphatic carbocycles. The molecule has 0 atom stereocenters. The number of carboxylic acids is 1. The molecule has 0 heterocycles. The number of carbonyl (C=O) groups is 1. The van der Waals surface area contributed by atoms with Crippen molar-refractivity contribution < 1.29 is 15.0 Å². The second-order valence-electron chi connectivity index (χ2n) is 2.69. The average molecular weight is 144 g/mol. The van der Waals surface area contributed by atoms with Crippen molar-refractivity contribution in [3.63, 3.8) is 0 Å². The molecule has 0 radical (unpaired) electrons. The fourth-order valence-electron chi connectivity index (χ4n) is 0.349. The van der Waals surface area contributed by atoms with E-state index in [0.29, 0.717) is 5.57 Å². The predicted molar refractivity (Wildman–Crippen MR) is 37.6 cm³/mol. The summed E-state index contributed by atoms with van der Waals surface area (Å²) in [4.78, 5) is 10.4. The molecular formula is C7H12O3. The van der Waals surface area contributed by atoms with Crippen molar-refractivity contribution in [1.82, 2.24) is 0 Å². The molecule has 0 saturated heterocycles. The first kappa shape index (κ1) is 9.17. The Labute approximate surface area is 60.0 Å². The van der Waals surface area contributed by atoms with E-state index in [1.165, 1.54) is 13.8 Å². The summed E-state index contributed by atoms with van der Waals surface area (Å²) in [5.74, 6) is -0.966. The zero-order valence-corrected chi connectivity index (χ0v) is 6.22. The van der Waals surface area contributed by atoms with Gasteiger partial charge in [-0.05, 0) is 19.4 Å². The van der Waals surface area contributed by atoms with Gasteiger partial charge in [0.15, 0.2) is 0 Å². The van der Waals surface area contributed by atoms with Crippen LogP contribution in [0.15, 0.2) is 12.2 Å². The lowest BCUT2D eigenvalue weighted by atomic mass is 9.86. The third-order valence-corrected chi connectivity index (χ3v) is 1.61. The van der Waals surface area contributed by atoms with Crippen LogP contribution in [0.3, 0.4) is 0 Å². The topological polar surface area (TPSA) is 57.5 Å². The van der Waals surface area contributed by atoms with E-state index in [2.05, 4.69) is 6.58 Å². The van der Waals surface area contributed by atoms with Crippen LogP contribution < -0.4 is 0 Å². The molecule has 0 rings (SSSR count). The summed E-state index contributed by atoms with van der Waals surface area (Å²) in [5, 5.41) is 17.1. The van der Waals surface area contributed by atoms with Crippen LogP contribution in [0.5, 0.6) is 0 Å². The lowest BCUT2D eigenvalue weighted by Crippen LogP contribution is -2.27. The third-order valence-electron chi connectivity index (χ3n) is 1.61. The van der Waals surface area contributed by atoms with Crippen LogP contribution in [0.2, 0.25) is 0 Å². The highest BCUT2D eigenvalue weighted by Gasteiger charge is 2.29. The summed E-state index contributed by atoms with van der Waals surface area (Å²) in [6, 6.07) is 0. The van der Waals surface area contributed by atoms with Crippen LogP contribution in [-0.4, -0.2) is 22.8 Å². The monoisotopic (exact) mass is 144 g/mol. The Morgan fingerprint density at radius 3 is 2.10 bits per heavy atom. The summed E-state index contributed by atoms with van der Waals surface area (Å²) < 4.78 is 0. The van der Waals surface area contributed by atoms with Crippen molar-refractivity contribution in [1.29, 1.82) is 0 Å². The van der Waals surface area contributed by atoms with Crippen molar-refractivity contribution in [3.05, 3.63) is 12.2 Å². The minimum atomic E-state index is -1.02. The number of aliphatic carboxylic acids is 1. The maximum Gasteiger partial charge on any atom is 0.313 e. The Hall–Kier alpha value is -0.830. The van der Waals surface area contributed by atoms with Crippen molar-refractivity contribution in [2.45, 2.75) is 13.8 Å². The molecule has 0 aromatic carbocycles. The SMILES string of the molecule is C=C(CO)C(C)(C)C(=O)O. The minimum absolute atomic E-state index is 0.278. The van der Waals surface area contributed by atoms with Crippen molar-refractivity contribution >= 4 is 5.97 Å². The molecule has 0 aromatic heterocycles. The van der Waals surface area contributed by atoms with Crippen molar-refractivity contribution in [2.75, 3.05) is 6.61 Å². The molecule has 0 fully saturated rings. The van der Waals surface area contributed by atoms with E-state index in [4.69, 9.17) is 10.2 Å². The smallest absolute Gasteiger partial charge is 0.313 e. The number of carboxylic acid groups (broad SMARTS) is 1. The van der Waals surface area contributed by atoms with E-state index >= 15 is 0 Å². The molecule has 0 unspecified atom stereocenters. The average Bonchev–Trinajstić information content (AvgIpc) is 1.86. The Balaban J connectivity index is 4.40. The highest BCUT2D eigenvalue weighted by Crippen LogP contribution is 2.23. The maximum atomic E-state index is 10.4. The molecule has 2 N–H and O–H groups in total. The largest absolute Gasteiger partial charge is 0.481 e. The second-order valence-corrected chi connectivity index (χ2v) is 2.69. The van der Waals surface area contributed by atoms with Crippen molar-refractivity contribution in [3.8, 4) is 0 Å². The van der Waals surface area contributed by atoms with Gasteiger partial charge in [0.2, 0.25) is 0 Å². The molecule has 0 aromatic rings. The minimum Gasteiger partial charge on any atom is -0.481 e. The first-order chi connectivity index (χ1) is 4.42. The van der Waals surface area contributed by atoms with Gasteiger partial charge in [0.25, 0.3) is 0 Å². The molecule has 58 valence electrons. The van der Waals surface area contributed by atoms with Crippen LogP contribution in [0.4, 0.5) is 0 Å². The van der Waals surface area contributed by atoms with Gasteiger partial charge in [-0.25, -0.2) is 0 Å². The predicted octanol–water partition coefficient (Wildman–Crippen LogP) is 0.646. The van der Waals surface area contributed by atoms with Gasteiger partial charge in [0.05, 0.1) is 12.0 Å². The standard InChI is InChI=1S/C7H12O3/c1-5(4-8)7(2,3)6(9)10/h8H,1,4H2,2-3H3,(H,9,10). The van der Waals surface area contributed by atoms with Crippen LogP contribution in [0.1, 0.15) is 13.8 Å². The first-order valence-corrected chi connectivity index (χ1v) is 2.95. The Morgan fingerprint density at radius 1 is 1.60 bits per heavy atom. The highest BCUT2D eigenvalue weighted by atomic mass is 16.4. The number of hydrogen-bond acceptors (Lipinski definition) is 2. The maximum absolute atomic E-state index is 10.4. The van der Waals surface area contributed by atoms with Crippen LogP contribution >= 0.6 is 0 Å². The van der Waals surface area contributed by atoms with E-state index in [1.54, 1.807) is 0 Å². The summed E-state index contributed by atoms with van der Waals surface area (Å²) in [5.41, 5.74) is -0.700. The van der Waals surface area contributed by atoms with Gasteiger partial charge in [-0.2, -0.15) is 0 Å². The molecule has 0 aliphatic heterocycles. The second kappa shape index (κ2) is 2.84. The summed E-state index contributed by atoms with van der Waals surface area (Å²) in [6.45, 7) is 6.17. The molecule has 3 heteroatoms. The fraction of sp³-hybridized carbons (Fsp3) is 0.571. The molecule has 0 amide bonds. The Morgan fingerprint density at radius 2 is 2.00 bits per heavy atom. The Bertz CT molecular complexity index is 158.